The van der Waals surface area contributed by atoms with Crippen LogP contribution in [0.2, 0.25) is 0 Å². The van der Waals surface area contributed by atoms with Gasteiger partial charge in [-0.1, -0.05) is 12.1 Å². The minimum atomic E-state index is 0.244. The van der Waals surface area contributed by atoms with E-state index in [4.69, 9.17) is 11.6 Å². The molecule has 0 bridgehead atoms. The molecule has 0 radical (unpaired) electrons. The number of hydrogen-bond donors (Lipinski definition) is 0. The average Bonchev–Trinajstić information content (AvgIpc) is 2.36. The van der Waals surface area contributed by atoms with E-state index in [9.17, 15) is 0 Å². The second-order valence-corrected chi connectivity index (χ2v) is 5.58. The van der Waals surface area contributed by atoms with Crippen molar-refractivity contribution in [1.29, 1.82) is 0 Å². The summed E-state index contributed by atoms with van der Waals surface area (Å²) in [6.07, 6.45) is 2.85. The van der Waals surface area contributed by atoms with Gasteiger partial charge in [-0.25, -0.2) is 0 Å². The Morgan fingerprint density at radius 2 is 2.17 bits per heavy atom. The highest BCUT2D eigenvalue weighted by Crippen LogP contribution is 2.14. The lowest BCUT2D eigenvalue weighted by atomic mass is 10.1. The first kappa shape index (κ1) is 13.3. The molecule has 0 aliphatic heterocycles. The Balaban J connectivity index is 2.03. The van der Waals surface area contributed by atoms with Gasteiger partial charge < -0.3 is 4.90 Å². The van der Waals surface area contributed by atoms with Crippen LogP contribution in [0.1, 0.15) is 18.9 Å². The number of benzene rings is 1. The van der Waals surface area contributed by atoms with E-state index in [0.29, 0.717) is 0 Å². The Morgan fingerprint density at radius 1 is 1.33 bits per heavy atom. The van der Waals surface area contributed by atoms with Crippen LogP contribution in [0.5, 0.6) is 0 Å². The van der Waals surface area contributed by atoms with Crippen LogP contribution >= 0.6 is 11.6 Å². The molecular weight excluding hydrogens is 244 g/mol. The van der Waals surface area contributed by atoms with Gasteiger partial charge in [0, 0.05) is 23.5 Å². The number of alkyl halides is 1. The largest absolute Gasteiger partial charge is 0.302 e. The topological polar surface area (TPSA) is 16.1 Å². The predicted octanol–water partition coefficient (Wildman–Crippen LogP) is 3.68. The van der Waals surface area contributed by atoms with E-state index in [1.807, 2.05) is 19.2 Å². The summed E-state index contributed by atoms with van der Waals surface area (Å²) in [6.45, 7) is 4.02. The lowest BCUT2D eigenvalue weighted by Gasteiger charge is -2.17. The summed E-state index contributed by atoms with van der Waals surface area (Å²) in [4.78, 5) is 6.63. The highest BCUT2D eigenvalue weighted by atomic mass is 35.5. The van der Waals surface area contributed by atoms with Gasteiger partial charge in [0.25, 0.3) is 0 Å². The van der Waals surface area contributed by atoms with Gasteiger partial charge in [0.1, 0.15) is 0 Å². The van der Waals surface area contributed by atoms with E-state index in [0.717, 1.165) is 25.0 Å². The van der Waals surface area contributed by atoms with Crippen LogP contribution in [0.4, 0.5) is 0 Å². The Hall–Kier alpha value is -1.12. The molecule has 0 amide bonds. The van der Waals surface area contributed by atoms with E-state index in [2.05, 4.69) is 41.2 Å². The maximum atomic E-state index is 5.97. The van der Waals surface area contributed by atoms with Crippen LogP contribution in [-0.4, -0.2) is 28.9 Å². The zero-order valence-electron chi connectivity index (χ0n) is 10.9. The molecule has 2 nitrogen and oxygen atoms in total. The highest BCUT2D eigenvalue weighted by Gasteiger charge is 2.04. The molecule has 96 valence electrons. The molecule has 3 heteroatoms. The molecule has 0 aliphatic carbocycles. The third kappa shape index (κ3) is 3.69. The van der Waals surface area contributed by atoms with Crippen molar-refractivity contribution in [2.24, 2.45) is 0 Å². The van der Waals surface area contributed by atoms with Crippen molar-refractivity contribution in [3.8, 4) is 0 Å². The summed E-state index contributed by atoms with van der Waals surface area (Å²) in [6, 6.07) is 10.5. The summed E-state index contributed by atoms with van der Waals surface area (Å²) in [5.41, 5.74) is 2.37. The minimum Gasteiger partial charge on any atom is -0.302 e. The van der Waals surface area contributed by atoms with Crippen molar-refractivity contribution in [3.63, 3.8) is 0 Å². The van der Waals surface area contributed by atoms with Gasteiger partial charge in [-0.2, -0.15) is 0 Å². The number of fused-ring (bicyclic) bond motifs is 1. The Bertz CT molecular complexity index is 511. The first-order chi connectivity index (χ1) is 8.65. The first-order valence-electron chi connectivity index (χ1n) is 6.31. The predicted molar refractivity (Wildman–Crippen MR) is 78.0 cm³/mol. The number of nitrogens with zero attached hydrogens (tertiary/aromatic N) is 2. The number of pyridine rings is 1. The molecule has 0 N–H and O–H groups in total. The maximum absolute atomic E-state index is 5.97. The summed E-state index contributed by atoms with van der Waals surface area (Å²) in [5, 5.41) is 1.45. The smallest absolute Gasteiger partial charge is 0.0702 e. The van der Waals surface area contributed by atoms with Crippen molar-refractivity contribution in [2.45, 2.75) is 25.3 Å². The third-order valence-corrected chi connectivity index (χ3v) is 3.25. The molecule has 2 rings (SSSR count). The maximum Gasteiger partial charge on any atom is 0.0702 e. The van der Waals surface area contributed by atoms with Crippen LogP contribution in [0.3, 0.4) is 0 Å². The van der Waals surface area contributed by atoms with Gasteiger partial charge in [-0.05, 0) is 50.7 Å². The standard InChI is InChI=1S/C15H19ClN2/c1-12(16)7-9-18(2)11-13-5-6-15-14(10-13)4-3-8-17-15/h3-6,8,10,12H,7,9,11H2,1-2H3. The van der Waals surface area contributed by atoms with Gasteiger partial charge in [0.05, 0.1) is 5.52 Å². The van der Waals surface area contributed by atoms with Crippen molar-refractivity contribution in [2.75, 3.05) is 13.6 Å². The molecule has 1 aromatic carbocycles. The number of aromatic nitrogens is 1. The quantitative estimate of drug-likeness (QED) is 0.764. The monoisotopic (exact) mass is 262 g/mol. The molecule has 2 aromatic rings. The normalized spacial score (nSPS) is 13.1. The Labute approximate surface area is 114 Å². The molecule has 1 atom stereocenters. The van der Waals surface area contributed by atoms with Crippen LogP contribution in [0, 0.1) is 0 Å². The van der Waals surface area contributed by atoms with E-state index >= 15 is 0 Å². The Kier molecular flexibility index (Phi) is 4.56. The van der Waals surface area contributed by atoms with Crippen molar-refractivity contribution < 1.29 is 0 Å². The summed E-state index contributed by atoms with van der Waals surface area (Å²) in [5.74, 6) is 0. The SMILES string of the molecule is CC(Cl)CCN(C)Cc1ccc2ncccc2c1. The number of rotatable bonds is 5. The highest BCUT2D eigenvalue weighted by molar-refractivity contribution is 6.20. The van der Waals surface area contributed by atoms with Gasteiger partial charge in [-0.15, -0.1) is 11.6 Å². The fourth-order valence-electron chi connectivity index (χ4n) is 2.01. The van der Waals surface area contributed by atoms with Crippen LogP contribution < -0.4 is 0 Å². The van der Waals surface area contributed by atoms with Gasteiger partial charge in [-0.3, -0.25) is 4.98 Å². The second kappa shape index (κ2) is 6.17. The summed E-state index contributed by atoms with van der Waals surface area (Å²) >= 11 is 5.97. The van der Waals surface area contributed by atoms with Crippen molar-refractivity contribution in [1.82, 2.24) is 9.88 Å². The average molecular weight is 263 g/mol. The van der Waals surface area contributed by atoms with E-state index in [1.165, 1.54) is 10.9 Å². The van der Waals surface area contributed by atoms with Gasteiger partial charge >= 0.3 is 0 Å². The lowest BCUT2D eigenvalue weighted by Crippen LogP contribution is -2.20. The fraction of sp³-hybridized carbons (Fsp3) is 0.400. The van der Waals surface area contributed by atoms with Gasteiger partial charge in [0.15, 0.2) is 0 Å². The minimum absolute atomic E-state index is 0.244. The van der Waals surface area contributed by atoms with Crippen molar-refractivity contribution in [3.05, 3.63) is 42.1 Å². The number of hydrogen-bond acceptors (Lipinski definition) is 2. The fourth-order valence-corrected chi connectivity index (χ4v) is 2.11. The summed E-state index contributed by atoms with van der Waals surface area (Å²) < 4.78 is 0. The molecule has 1 heterocycles. The zero-order chi connectivity index (χ0) is 13.0. The third-order valence-electron chi connectivity index (χ3n) is 3.03. The molecule has 0 saturated carbocycles. The van der Waals surface area contributed by atoms with Crippen molar-refractivity contribution >= 4 is 22.5 Å². The van der Waals surface area contributed by atoms with E-state index < -0.39 is 0 Å². The molecule has 0 aliphatic rings. The molecular formula is C15H19ClN2. The van der Waals surface area contributed by atoms with Gasteiger partial charge in [0.2, 0.25) is 0 Å². The first-order valence-corrected chi connectivity index (χ1v) is 6.75. The summed E-state index contributed by atoms with van der Waals surface area (Å²) in [7, 11) is 2.13. The lowest BCUT2D eigenvalue weighted by molar-refractivity contribution is 0.322. The Morgan fingerprint density at radius 3 is 2.94 bits per heavy atom. The van der Waals surface area contributed by atoms with E-state index in [-0.39, 0.29) is 5.38 Å². The zero-order valence-corrected chi connectivity index (χ0v) is 11.7. The molecule has 18 heavy (non-hydrogen) atoms. The van der Waals surface area contributed by atoms with Crippen LogP contribution in [-0.2, 0) is 6.54 Å². The number of halogens is 1. The van der Waals surface area contributed by atoms with Crippen LogP contribution in [0.15, 0.2) is 36.5 Å². The molecule has 1 unspecified atom stereocenters. The molecule has 1 aromatic heterocycles. The van der Waals surface area contributed by atoms with Crippen LogP contribution in [0.25, 0.3) is 10.9 Å². The molecule has 0 fully saturated rings. The second-order valence-electron chi connectivity index (χ2n) is 4.84. The molecule has 0 spiro atoms. The molecule has 0 saturated heterocycles. The van der Waals surface area contributed by atoms with E-state index in [1.54, 1.807) is 0 Å².